The number of hydrogen-bond acceptors (Lipinski definition) is 3. The van der Waals surface area contributed by atoms with Gasteiger partial charge >= 0.3 is 0 Å². The molecule has 4 aromatic carbocycles. The van der Waals surface area contributed by atoms with Crippen LogP contribution in [0.4, 0.5) is 0 Å². The molecule has 0 saturated heterocycles. The van der Waals surface area contributed by atoms with E-state index in [2.05, 4.69) is 121 Å². The summed E-state index contributed by atoms with van der Waals surface area (Å²) in [6.07, 6.45) is 0.725. The highest BCUT2D eigenvalue weighted by molar-refractivity contribution is 7.87. The summed E-state index contributed by atoms with van der Waals surface area (Å²) < 4.78 is 7.85. The molecule has 5 heteroatoms. The summed E-state index contributed by atoms with van der Waals surface area (Å²) >= 11 is 0. The lowest BCUT2D eigenvalue weighted by molar-refractivity contribution is 0.389. The monoisotopic (exact) mass is 464 g/mol. The molecular weight excluding hydrogens is 435 g/mol. The molecule has 0 N–H and O–H groups in total. The second-order valence-corrected chi connectivity index (χ2v) is 11.9. The standard InChI is InChI=1S/C29H29N4P/c1-23(2)22-29(33-28-21-13-12-20-27(28)30-32-33)31-34(24-14-6-3-7-15-24,25-16-8-4-9-17-25)26-18-10-5-11-19-26/h3-21,23,29H,22H2,1-2H3. The number of aromatic nitrogens is 3. The van der Waals surface area contributed by atoms with Crippen molar-refractivity contribution in [3.63, 3.8) is 0 Å². The van der Waals surface area contributed by atoms with Crippen molar-refractivity contribution < 1.29 is 0 Å². The fourth-order valence-electron chi connectivity index (χ4n) is 4.50. The first kappa shape index (κ1) is 22.3. The summed E-state index contributed by atoms with van der Waals surface area (Å²) in [6, 6.07) is 40.4. The number of rotatable bonds is 7. The minimum atomic E-state index is -2.35. The van der Waals surface area contributed by atoms with E-state index < -0.39 is 7.05 Å². The van der Waals surface area contributed by atoms with Crippen LogP contribution in [0.25, 0.3) is 11.0 Å². The van der Waals surface area contributed by atoms with Gasteiger partial charge in [-0.15, -0.1) is 5.10 Å². The number of para-hydroxylation sites is 1. The van der Waals surface area contributed by atoms with Crippen LogP contribution in [0.1, 0.15) is 26.4 Å². The van der Waals surface area contributed by atoms with Gasteiger partial charge in [0.2, 0.25) is 0 Å². The first-order chi connectivity index (χ1) is 16.7. The molecule has 34 heavy (non-hydrogen) atoms. The summed E-state index contributed by atoms with van der Waals surface area (Å²) in [6.45, 7) is 4.49. The zero-order chi connectivity index (χ0) is 23.4. The van der Waals surface area contributed by atoms with Crippen LogP contribution < -0.4 is 15.9 Å². The van der Waals surface area contributed by atoms with Crippen LogP contribution in [-0.2, 0) is 0 Å². The van der Waals surface area contributed by atoms with Gasteiger partial charge in [0.05, 0.1) is 12.6 Å². The summed E-state index contributed by atoms with van der Waals surface area (Å²) in [5.74, 6) is 0.445. The Bertz CT molecular complexity index is 1310. The van der Waals surface area contributed by atoms with Gasteiger partial charge in [0.25, 0.3) is 0 Å². The molecule has 1 atom stereocenters. The van der Waals surface area contributed by atoms with Crippen LogP contribution in [0.5, 0.6) is 0 Å². The molecule has 1 heterocycles. The Morgan fingerprint density at radius 3 is 1.65 bits per heavy atom. The zero-order valence-corrected chi connectivity index (χ0v) is 20.5. The average Bonchev–Trinajstić information content (AvgIpc) is 3.32. The van der Waals surface area contributed by atoms with E-state index in [1.54, 1.807) is 0 Å². The molecule has 170 valence electrons. The number of fused-ring (bicyclic) bond motifs is 1. The average molecular weight is 465 g/mol. The van der Waals surface area contributed by atoms with Crippen molar-refractivity contribution >= 4 is 34.0 Å². The predicted octanol–water partition coefficient (Wildman–Crippen LogP) is 6.15. The molecule has 0 bridgehead atoms. The summed E-state index contributed by atoms with van der Waals surface area (Å²) in [5, 5.41) is 12.8. The molecule has 1 aromatic heterocycles. The van der Waals surface area contributed by atoms with Gasteiger partial charge in [0.15, 0.2) is 0 Å². The van der Waals surface area contributed by atoms with Crippen LogP contribution in [0.15, 0.2) is 120 Å². The lowest BCUT2D eigenvalue weighted by Crippen LogP contribution is -2.27. The van der Waals surface area contributed by atoms with E-state index in [0.29, 0.717) is 5.92 Å². The third kappa shape index (κ3) is 4.22. The maximum atomic E-state index is 5.82. The van der Waals surface area contributed by atoms with Gasteiger partial charge in [-0.25, -0.2) is 4.68 Å². The normalized spacial score (nSPS) is 12.7. The van der Waals surface area contributed by atoms with Gasteiger partial charge in [0.1, 0.15) is 11.7 Å². The highest BCUT2D eigenvalue weighted by Crippen LogP contribution is 2.49. The second kappa shape index (κ2) is 9.79. The minimum Gasteiger partial charge on any atom is -0.263 e. The van der Waals surface area contributed by atoms with Crippen LogP contribution in [0.2, 0.25) is 0 Å². The molecule has 0 aliphatic rings. The number of hydrogen-bond donors (Lipinski definition) is 0. The Kier molecular flexibility index (Phi) is 6.42. The summed E-state index contributed by atoms with van der Waals surface area (Å²) in [7, 11) is -2.35. The van der Waals surface area contributed by atoms with Gasteiger partial charge in [-0.2, -0.15) is 0 Å². The molecule has 0 spiro atoms. The van der Waals surface area contributed by atoms with Gasteiger partial charge in [0, 0.05) is 15.9 Å². The molecule has 1 unspecified atom stereocenters. The van der Waals surface area contributed by atoms with Crippen molar-refractivity contribution in [1.82, 2.24) is 15.0 Å². The Balaban J connectivity index is 1.87. The fraction of sp³-hybridized carbons (Fsp3) is 0.172. The maximum Gasteiger partial charge on any atom is 0.143 e. The lowest BCUT2D eigenvalue weighted by Gasteiger charge is -2.30. The molecule has 5 aromatic rings. The van der Waals surface area contributed by atoms with E-state index in [4.69, 9.17) is 4.74 Å². The van der Waals surface area contributed by atoms with E-state index in [1.165, 1.54) is 15.9 Å². The number of nitrogens with zero attached hydrogens (tertiary/aromatic N) is 4. The highest BCUT2D eigenvalue weighted by atomic mass is 31.2. The van der Waals surface area contributed by atoms with Crippen molar-refractivity contribution in [2.75, 3.05) is 0 Å². The van der Waals surface area contributed by atoms with Crippen LogP contribution in [0, 0.1) is 5.92 Å². The molecular formula is C29H29N4P. The van der Waals surface area contributed by atoms with Crippen LogP contribution >= 0.6 is 7.05 Å². The van der Waals surface area contributed by atoms with Crippen molar-refractivity contribution in [2.24, 2.45) is 10.7 Å². The Hall–Kier alpha value is -3.49. The smallest absolute Gasteiger partial charge is 0.143 e. The minimum absolute atomic E-state index is 0.152. The molecule has 0 fully saturated rings. The molecule has 0 radical (unpaired) electrons. The van der Waals surface area contributed by atoms with Gasteiger partial charge in [-0.1, -0.05) is 122 Å². The molecule has 0 amide bonds. The van der Waals surface area contributed by atoms with Crippen molar-refractivity contribution in [3.05, 3.63) is 115 Å². The summed E-state index contributed by atoms with van der Waals surface area (Å²) in [5.41, 5.74) is 1.92. The van der Waals surface area contributed by atoms with Gasteiger partial charge in [-0.05, 0) is 24.5 Å². The largest absolute Gasteiger partial charge is 0.263 e. The Labute approximate surface area is 201 Å². The zero-order valence-electron chi connectivity index (χ0n) is 19.6. The first-order valence-electron chi connectivity index (χ1n) is 11.8. The molecule has 0 aliphatic heterocycles. The Morgan fingerprint density at radius 1 is 0.676 bits per heavy atom. The second-order valence-electron chi connectivity index (χ2n) is 8.89. The van der Waals surface area contributed by atoms with E-state index in [1.807, 2.05) is 22.9 Å². The quantitative estimate of drug-likeness (QED) is 0.271. The lowest BCUT2D eigenvalue weighted by atomic mass is 10.1. The molecule has 5 rings (SSSR count). The first-order valence-corrected chi connectivity index (χ1v) is 13.5. The van der Waals surface area contributed by atoms with Crippen LogP contribution in [-0.4, -0.2) is 15.0 Å². The third-order valence-electron chi connectivity index (χ3n) is 6.04. The van der Waals surface area contributed by atoms with Crippen LogP contribution in [0.3, 0.4) is 0 Å². The van der Waals surface area contributed by atoms with E-state index in [9.17, 15) is 0 Å². The van der Waals surface area contributed by atoms with E-state index in [-0.39, 0.29) is 6.17 Å². The summed E-state index contributed by atoms with van der Waals surface area (Å²) in [4.78, 5) is 0. The predicted molar refractivity (Wildman–Crippen MR) is 144 cm³/mol. The molecule has 0 aliphatic carbocycles. The Morgan fingerprint density at radius 2 is 1.15 bits per heavy atom. The van der Waals surface area contributed by atoms with Gasteiger partial charge in [-0.3, -0.25) is 4.74 Å². The van der Waals surface area contributed by atoms with E-state index >= 15 is 0 Å². The van der Waals surface area contributed by atoms with Crippen molar-refractivity contribution in [2.45, 2.75) is 26.4 Å². The third-order valence-corrected chi connectivity index (χ3v) is 9.79. The van der Waals surface area contributed by atoms with Crippen molar-refractivity contribution in [3.8, 4) is 0 Å². The highest BCUT2D eigenvalue weighted by Gasteiger charge is 2.30. The maximum absolute atomic E-state index is 5.82. The number of benzene rings is 4. The van der Waals surface area contributed by atoms with E-state index in [0.717, 1.165) is 17.5 Å². The molecule has 4 nitrogen and oxygen atoms in total. The topological polar surface area (TPSA) is 43.1 Å². The molecule has 0 saturated carbocycles. The van der Waals surface area contributed by atoms with Gasteiger partial charge < -0.3 is 0 Å². The fourth-order valence-corrected chi connectivity index (χ4v) is 8.20. The SMILES string of the molecule is CC(C)CC(N=P(c1ccccc1)(c1ccccc1)c1ccccc1)n1nnc2ccccc21. The van der Waals surface area contributed by atoms with Crippen molar-refractivity contribution in [1.29, 1.82) is 0 Å².